The van der Waals surface area contributed by atoms with E-state index in [0.717, 1.165) is 18.8 Å². The molecule has 2 N–H and O–H groups in total. The van der Waals surface area contributed by atoms with Gasteiger partial charge in [0.05, 0.1) is 11.9 Å². The second-order valence-corrected chi connectivity index (χ2v) is 4.18. The van der Waals surface area contributed by atoms with Gasteiger partial charge in [0.1, 0.15) is 5.82 Å². The molecule has 0 bridgehead atoms. The van der Waals surface area contributed by atoms with E-state index in [-0.39, 0.29) is 5.91 Å². The number of hydrogen-bond donors (Lipinski definition) is 2. The van der Waals surface area contributed by atoms with E-state index in [9.17, 15) is 4.79 Å². The van der Waals surface area contributed by atoms with E-state index in [0.29, 0.717) is 11.3 Å². The molecule has 1 aromatic heterocycles. The largest absolute Gasteiger partial charge is 0.370 e. The molecule has 0 spiro atoms. The Balaban J connectivity index is 1.98. The smallest absolute Gasteiger partial charge is 0.255 e. The fraction of sp³-hybridized carbons (Fsp3) is 0.200. The van der Waals surface area contributed by atoms with Crippen molar-refractivity contribution in [2.45, 2.75) is 13.3 Å². The van der Waals surface area contributed by atoms with Crippen LogP contribution in [0.2, 0.25) is 0 Å². The molecule has 2 rings (SSSR count). The van der Waals surface area contributed by atoms with Crippen LogP contribution in [0, 0.1) is 0 Å². The van der Waals surface area contributed by atoms with Crippen LogP contribution in [0.15, 0.2) is 48.7 Å². The van der Waals surface area contributed by atoms with Crippen molar-refractivity contribution in [2.24, 2.45) is 0 Å². The number of pyridine rings is 1. The van der Waals surface area contributed by atoms with Crippen LogP contribution in [0.25, 0.3) is 0 Å². The summed E-state index contributed by atoms with van der Waals surface area (Å²) in [5.41, 5.74) is 1.33. The van der Waals surface area contributed by atoms with Crippen molar-refractivity contribution >= 4 is 17.4 Å². The highest BCUT2D eigenvalue weighted by molar-refractivity contribution is 6.04. The zero-order chi connectivity index (χ0) is 13.5. The number of nitrogens with one attached hydrogen (secondary N) is 2. The fourth-order valence-electron chi connectivity index (χ4n) is 1.62. The lowest BCUT2D eigenvalue weighted by Crippen LogP contribution is -2.12. The van der Waals surface area contributed by atoms with Gasteiger partial charge in [0.25, 0.3) is 5.91 Å². The van der Waals surface area contributed by atoms with Crippen LogP contribution in [-0.4, -0.2) is 17.4 Å². The number of aromatic nitrogens is 1. The Hall–Kier alpha value is -2.36. The molecule has 98 valence electrons. The summed E-state index contributed by atoms with van der Waals surface area (Å²) in [4.78, 5) is 16.2. The van der Waals surface area contributed by atoms with E-state index in [1.165, 1.54) is 0 Å². The minimum absolute atomic E-state index is 0.128. The van der Waals surface area contributed by atoms with Crippen LogP contribution in [0.4, 0.5) is 11.5 Å². The van der Waals surface area contributed by atoms with Gasteiger partial charge in [-0.25, -0.2) is 4.98 Å². The van der Waals surface area contributed by atoms with Gasteiger partial charge in [0.15, 0.2) is 0 Å². The lowest BCUT2D eigenvalue weighted by atomic mass is 10.2. The van der Waals surface area contributed by atoms with Crippen molar-refractivity contribution in [3.8, 4) is 0 Å². The zero-order valence-electron chi connectivity index (χ0n) is 10.9. The molecule has 4 nitrogen and oxygen atoms in total. The Morgan fingerprint density at radius 3 is 2.58 bits per heavy atom. The number of nitrogens with zero attached hydrogens (tertiary/aromatic N) is 1. The molecule has 0 aliphatic heterocycles. The third-order valence-electron chi connectivity index (χ3n) is 2.61. The predicted octanol–water partition coefficient (Wildman–Crippen LogP) is 3.16. The quantitative estimate of drug-likeness (QED) is 0.863. The first-order valence-corrected chi connectivity index (χ1v) is 6.36. The Bertz CT molecular complexity index is 523. The van der Waals surface area contributed by atoms with Gasteiger partial charge in [-0.1, -0.05) is 25.1 Å². The van der Waals surface area contributed by atoms with E-state index < -0.39 is 0 Å². The van der Waals surface area contributed by atoms with Gasteiger partial charge in [-0.3, -0.25) is 4.79 Å². The standard InChI is InChI=1S/C15H17N3O/c1-2-10-16-14-9-8-13(11-17-14)18-15(19)12-6-4-3-5-7-12/h3-9,11H,2,10H2,1H3,(H,16,17)(H,18,19). The van der Waals surface area contributed by atoms with Crippen LogP contribution in [0.3, 0.4) is 0 Å². The van der Waals surface area contributed by atoms with Gasteiger partial charge in [-0.15, -0.1) is 0 Å². The molecule has 0 atom stereocenters. The molecule has 0 fully saturated rings. The second-order valence-electron chi connectivity index (χ2n) is 4.18. The molecule has 0 saturated heterocycles. The van der Waals surface area contributed by atoms with Crippen LogP contribution < -0.4 is 10.6 Å². The van der Waals surface area contributed by atoms with Crippen molar-refractivity contribution in [2.75, 3.05) is 17.2 Å². The van der Waals surface area contributed by atoms with Gasteiger partial charge in [0, 0.05) is 12.1 Å². The number of anilines is 2. The maximum absolute atomic E-state index is 11.9. The van der Waals surface area contributed by atoms with E-state index >= 15 is 0 Å². The number of benzene rings is 1. The molecular weight excluding hydrogens is 238 g/mol. The topological polar surface area (TPSA) is 54.0 Å². The highest BCUT2D eigenvalue weighted by atomic mass is 16.1. The zero-order valence-corrected chi connectivity index (χ0v) is 10.9. The first kappa shape index (κ1) is 13.1. The molecule has 0 aliphatic rings. The SMILES string of the molecule is CCCNc1ccc(NC(=O)c2ccccc2)cn1. The second kappa shape index (κ2) is 6.54. The Morgan fingerprint density at radius 2 is 1.95 bits per heavy atom. The molecule has 19 heavy (non-hydrogen) atoms. The summed E-state index contributed by atoms with van der Waals surface area (Å²) in [6.45, 7) is 2.99. The van der Waals surface area contributed by atoms with Crippen molar-refractivity contribution in [3.05, 3.63) is 54.2 Å². The average molecular weight is 255 g/mol. The van der Waals surface area contributed by atoms with Crippen molar-refractivity contribution < 1.29 is 4.79 Å². The van der Waals surface area contributed by atoms with Crippen molar-refractivity contribution in [3.63, 3.8) is 0 Å². The molecule has 1 aromatic carbocycles. The summed E-state index contributed by atoms with van der Waals surface area (Å²) in [5.74, 6) is 0.691. The average Bonchev–Trinajstić information content (AvgIpc) is 2.47. The lowest BCUT2D eigenvalue weighted by Gasteiger charge is -2.07. The summed E-state index contributed by atoms with van der Waals surface area (Å²) in [5, 5.41) is 6.00. The number of carbonyl (C=O) groups excluding carboxylic acids is 1. The number of rotatable bonds is 5. The first-order valence-electron chi connectivity index (χ1n) is 6.36. The predicted molar refractivity (Wildman–Crippen MR) is 77.4 cm³/mol. The summed E-state index contributed by atoms with van der Waals surface area (Å²) in [6.07, 6.45) is 2.70. The van der Waals surface area contributed by atoms with Gasteiger partial charge in [-0.2, -0.15) is 0 Å². The Kier molecular flexibility index (Phi) is 4.50. The maximum Gasteiger partial charge on any atom is 0.255 e. The third-order valence-corrected chi connectivity index (χ3v) is 2.61. The summed E-state index contributed by atoms with van der Waals surface area (Å²) >= 11 is 0. The van der Waals surface area contributed by atoms with Crippen LogP contribution in [-0.2, 0) is 0 Å². The Morgan fingerprint density at radius 1 is 1.16 bits per heavy atom. The summed E-state index contributed by atoms with van der Waals surface area (Å²) in [7, 11) is 0. The molecule has 1 heterocycles. The molecule has 0 unspecified atom stereocenters. The van der Waals surface area contributed by atoms with Gasteiger partial charge in [-0.05, 0) is 30.7 Å². The van der Waals surface area contributed by atoms with Gasteiger partial charge < -0.3 is 10.6 Å². The lowest BCUT2D eigenvalue weighted by molar-refractivity contribution is 0.102. The van der Waals surface area contributed by atoms with E-state index in [1.807, 2.05) is 30.3 Å². The van der Waals surface area contributed by atoms with Gasteiger partial charge >= 0.3 is 0 Å². The fourth-order valence-corrected chi connectivity index (χ4v) is 1.62. The monoisotopic (exact) mass is 255 g/mol. The number of hydrogen-bond acceptors (Lipinski definition) is 3. The number of carbonyl (C=O) groups is 1. The molecule has 0 saturated carbocycles. The Labute approximate surface area is 112 Å². The van der Waals surface area contributed by atoms with Crippen LogP contribution in [0.1, 0.15) is 23.7 Å². The van der Waals surface area contributed by atoms with Crippen LogP contribution in [0.5, 0.6) is 0 Å². The first-order chi connectivity index (χ1) is 9.29. The highest BCUT2D eigenvalue weighted by Crippen LogP contribution is 2.11. The molecule has 1 amide bonds. The minimum atomic E-state index is -0.128. The van der Waals surface area contributed by atoms with Crippen LogP contribution >= 0.6 is 0 Å². The normalized spacial score (nSPS) is 9.95. The molecule has 2 aromatic rings. The van der Waals surface area contributed by atoms with E-state index in [2.05, 4.69) is 22.5 Å². The van der Waals surface area contributed by atoms with Crippen molar-refractivity contribution in [1.29, 1.82) is 0 Å². The molecule has 4 heteroatoms. The third kappa shape index (κ3) is 3.81. The molecular formula is C15H17N3O. The van der Waals surface area contributed by atoms with E-state index in [4.69, 9.17) is 0 Å². The summed E-state index contributed by atoms with van der Waals surface area (Å²) in [6, 6.07) is 12.8. The molecule has 0 radical (unpaired) electrons. The maximum atomic E-state index is 11.9. The summed E-state index contributed by atoms with van der Waals surface area (Å²) < 4.78 is 0. The van der Waals surface area contributed by atoms with Crippen molar-refractivity contribution in [1.82, 2.24) is 4.98 Å². The van der Waals surface area contributed by atoms with E-state index in [1.54, 1.807) is 18.3 Å². The molecule has 0 aliphatic carbocycles. The number of amides is 1. The minimum Gasteiger partial charge on any atom is -0.370 e. The van der Waals surface area contributed by atoms with Gasteiger partial charge in [0.2, 0.25) is 0 Å². The highest BCUT2D eigenvalue weighted by Gasteiger charge is 2.05.